The van der Waals surface area contributed by atoms with E-state index in [1.165, 1.54) is 12.4 Å². The number of aliphatic imine (C=N–C) groups is 1. The lowest BCUT2D eigenvalue weighted by Crippen LogP contribution is -2.09. The highest BCUT2D eigenvalue weighted by molar-refractivity contribution is 6.00. The number of carboxylic acid groups (broad SMARTS) is 1. The summed E-state index contributed by atoms with van der Waals surface area (Å²) in [4.78, 5) is 22.5. The Balaban J connectivity index is 2.29. The molecule has 1 N–H and O–H groups in total. The molecule has 1 aliphatic heterocycles. The van der Waals surface area contributed by atoms with Gasteiger partial charge in [-0.25, -0.2) is 14.8 Å². The van der Waals surface area contributed by atoms with Crippen molar-refractivity contribution < 1.29 is 23.1 Å². The van der Waals surface area contributed by atoms with E-state index in [-0.39, 0.29) is 23.4 Å². The van der Waals surface area contributed by atoms with Crippen LogP contribution in [0, 0.1) is 0 Å². The third-order valence-electron chi connectivity index (χ3n) is 3.28. The lowest BCUT2D eigenvalue weighted by atomic mass is 9.94. The van der Waals surface area contributed by atoms with Crippen molar-refractivity contribution >= 4 is 12.2 Å². The zero-order chi connectivity index (χ0) is 15.9. The van der Waals surface area contributed by atoms with E-state index in [1.54, 1.807) is 0 Å². The van der Waals surface area contributed by atoms with Gasteiger partial charge in [-0.15, -0.1) is 0 Å². The van der Waals surface area contributed by atoms with Gasteiger partial charge in [-0.05, 0) is 23.3 Å². The van der Waals surface area contributed by atoms with Gasteiger partial charge >= 0.3 is 12.1 Å². The lowest BCUT2D eigenvalue weighted by Gasteiger charge is -2.14. The zero-order valence-electron chi connectivity index (χ0n) is 10.9. The molecule has 0 atom stereocenters. The summed E-state index contributed by atoms with van der Waals surface area (Å²) in [7, 11) is 0. The van der Waals surface area contributed by atoms with Crippen LogP contribution in [0.3, 0.4) is 0 Å². The smallest absolute Gasteiger partial charge is 0.416 e. The maximum absolute atomic E-state index is 13.0. The van der Waals surface area contributed by atoms with Crippen LogP contribution in [0.2, 0.25) is 0 Å². The number of carbonyl (C=O) groups is 1. The molecule has 0 unspecified atom stereocenters. The molecule has 2 aromatic rings. The van der Waals surface area contributed by atoms with Gasteiger partial charge in [0.15, 0.2) is 5.69 Å². The SMILES string of the molecule is O=C(O)c1ncncc1-c1cc(C(F)(F)F)cc2c1C=NC2. The zero-order valence-corrected chi connectivity index (χ0v) is 10.9. The van der Waals surface area contributed by atoms with E-state index >= 15 is 0 Å². The standard InChI is InChI=1S/C14H8F3N3O2/c15-14(16,17)8-1-7-3-18-4-10(7)9(2-8)11-5-19-6-20-12(11)13(21)22/h1-2,4-6H,3H2,(H,21,22). The minimum absolute atomic E-state index is 0.0331. The number of hydrogen-bond acceptors (Lipinski definition) is 4. The van der Waals surface area contributed by atoms with Gasteiger partial charge in [0.1, 0.15) is 6.33 Å². The number of fused-ring (bicyclic) bond motifs is 1. The highest BCUT2D eigenvalue weighted by Gasteiger charge is 2.33. The van der Waals surface area contributed by atoms with Crippen LogP contribution in [0.25, 0.3) is 11.1 Å². The molecule has 1 aromatic carbocycles. The number of hydrogen-bond donors (Lipinski definition) is 1. The molecule has 22 heavy (non-hydrogen) atoms. The number of alkyl halides is 3. The van der Waals surface area contributed by atoms with Crippen molar-refractivity contribution in [1.82, 2.24) is 9.97 Å². The topological polar surface area (TPSA) is 75.4 Å². The Bertz CT molecular complexity index is 800. The molecule has 3 rings (SSSR count). The molecule has 0 aliphatic carbocycles. The Morgan fingerprint density at radius 2 is 2.00 bits per heavy atom. The maximum atomic E-state index is 13.0. The van der Waals surface area contributed by atoms with Gasteiger partial charge in [0.25, 0.3) is 0 Å². The van der Waals surface area contributed by atoms with E-state index in [0.29, 0.717) is 11.1 Å². The quantitative estimate of drug-likeness (QED) is 0.925. The molecule has 8 heteroatoms. The van der Waals surface area contributed by atoms with Crippen molar-refractivity contribution in [3.8, 4) is 11.1 Å². The largest absolute Gasteiger partial charge is 0.476 e. The van der Waals surface area contributed by atoms with Gasteiger partial charge in [0.2, 0.25) is 0 Å². The summed E-state index contributed by atoms with van der Waals surface area (Å²) in [6.45, 7) is 0.127. The van der Waals surface area contributed by atoms with E-state index in [4.69, 9.17) is 5.11 Å². The predicted octanol–water partition coefficient (Wildman–Crippen LogP) is 2.79. The summed E-state index contributed by atoms with van der Waals surface area (Å²) < 4.78 is 39.1. The molecule has 1 aromatic heterocycles. The third kappa shape index (κ3) is 2.32. The van der Waals surface area contributed by atoms with Crippen molar-refractivity contribution in [1.29, 1.82) is 0 Å². The van der Waals surface area contributed by atoms with Crippen molar-refractivity contribution in [2.24, 2.45) is 4.99 Å². The summed E-state index contributed by atoms with van der Waals surface area (Å²) in [5, 5.41) is 9.16. The van der Waals surface area contributed by atoms with Crippen LogP contribution in [0.4, 0.5) is 13.2 Å². The second-order valence-corrected chi connectivity index (χ2v) is 4.65. The summed E-state index contributed by atoms with van der Waals surface area (Å²) in [5.41, 5.74) is -0.200. The molecule has 1 aliphatic rings. The fourth-order valence-electron chi connectivity index (χ4n) is 2.32. The minimum Gasteiger partial charge on any atom is -0.476 e. The van der Waals surface area contributed by atoms with Gasteiger partial charge in [-0.1, -0.05) is 0 Å². The number of nitrogens with zero attached hydrogens (tertiary/aromatic N) is 3. The van der Waals surface area contributed by atoms with Gasteiger partial charge in [0.05, 0.1) is 12.1 Å². The molecule has 0 radical (unpaired) electrons. The second-order valence-electron chi connectivity index (χ2n) is 4.65. The average molecular weight is 307 g/mol. The molecule has 0 saturated heterocycles. The first kappa shape index (κ1) is 14.2. The number of carboxylic acids is 1. The molecule has 0 amide bonds. The van der Waals surface area contributed by atoms with Crippen molar-refractivity contribution in [2.45, 2.75) is 12.7 Å². The molecule has 0 fully saturated rings. The molecule has 0 saturated carbocycles. The van der Waals surface area contributed by atoms with Crippen LogP contribution in [0.5, 0.6) is 0 Å². The first-order chi connectivity index (χ1) is 10.4. The Hall–Kier alpha value is -2.77. The number of benzene rings is 1. The van der Waals surface area contributed by atoms with Crippen molar-refractivity contribution in [3.63, 3.8) is 0 Å². The Morgan fingerprint density at radius 1 is 1.23 bits per heavy atom. The van der Waals surface area contributed by atoms with E-state index in [2.05, 4.69) is 15.0 Å². The fourth-order valence-corrected chi connectivity index (χ4v) is 2.32. The molecular weight excluding hydrogens is 299 g/mol. The maximum Gasteiger partial charge on any atom is 0.416 e. The van der Waals surface area contributed by atoms with Crippen LogP contribution in [0.1, 0.15) is 27.2 Å². The van der Waals surface area contributed by atoms with Gasteiger partial charge in [0, 0.05) is 23.5 Å². The fraction of sp³-hybridized carbons (Fsp3) is 0.143. The molecule has 0 spiro atoms. The highest BCUT2D eigenvalue weighted by Crippen LogP contribution is 2.37. The number of halogens is 3. The Morgan fingerprint density at radius 3 is 2.68 bits per heavy atom. The average Bonchev–Trinajstić information content (AvgIpc) is 2.93. The van der Waals surface area contributed by atoms with E-state index < -0.39 is 17.7 Å². The minimum atomic E-state index is -4.54. The van der Waals surface area contributed by atoms with Crippen molar-refractivity contribution in [2.75, 3.05) is 0 Å². The van der Waals surface area contributed by atoms with E-state index in [9.17, 15) is 18.0 Å². The summed E-state index contributed by atoms with van der Waals surface area (Å²) >= 11 is 0. The van der Waals surface area contributed by atoms with Crippen molar-refractivity contribution in [3.05, 3.63) is 47.0 Å². The number of rotatable bonds is 2. The van der Waals surface area contributed by atoms with Gasteiger partial charge < -0.3 is 5.11 Å². The van der Waals surface area contributed by atoms with Crippen LogP contribution < -0.4 is 0 Å². The Labute approximate surface area is 122 Å². The molecular formula is C14H8F3N3O2. The predicted molar refractivity (Wildman–Crippen MR) is 70.7 cm³/mol. The monoisotopic (exact) mass is 307 g/mol. The first-order valence-corrected chi connectivity index (χ1v) is 6.15. The third-order valence-corrected chi connectivity index (χ3v) is 3.28. The van der Waals surface area contributed by atoms with E-state index in [1.807, 2.05) is 0 Å². The van der Waals surface area contributed by atoms with Crippen LogP contribution in [0.15, 0.2) is 29.6 Å². The summed E-state index contributed by atoms with van der Waals surface area (Å²) in [6.07, 6.45) is -0.873. The number of aromatic nitrogens is 2. The lowest BCUT2D eigenvalue weighted by molar-refractivity contribution is -0.137. The van der Waals surface area contributed by atoms with Crippen LogP contribution >= 0.6 is 0 Å². The summed E-state index contributed by atoms with van der Waals surface area (Å²) in [6, 6.07) is 1.93. The molecule has 112 valence electrons. The first-order valence-electron chi connectivity index (χ1n) is 6.15. The Kier molecular flexibility index (Phi) is 3.16. The highest BCUT2D eigenvalue weighted by atomic mass is 19.4. The van der Waals surface area contributed by atoms with Gasteiger partial charge in [-0.2, -0.15) is 13.2 Å². The summed E-state index contributed by atoms with van der Waals surface area (Å²) in [5.74, 6) is -1.33. The molecule has 2 heterocycles. The van der Waals surface area contributed by atoms with E-state index in [0.717, 1.165) is 18.5 Å². The number of aromatic carboxylic acids is 1. The van der Waals surface area contributed by atoms with Gasteiger partial charge in [-0.3, -0.25) is 4.99 Å². The molecule has 5 nitrogen and oxygen atoms in total. The second kappa shape index (κ2) is 4.90. The molecule has 0 bridgehead atoms. The van der Waals surface area contributed by atoms with Crippen LogP contribution in [-0.4, -0.2) is 27.3 Å². The normalized spacial score (nSPS) is 13.2. The van der Waals surface area contributed by atoms with Crippen LogP contribution in [-0.2, 0) is 12.7 Å².